The Morgan fingerprint density at radius 2 is 1.62 bits per heavy atom. The minimum atomic E-state index is -0.908. The van der Waals surface area contributed by atoms with Crippen LogP contribution < -0.4 is 5.32 Å². The Balaban J connectivity index is 1.29. The number of carboxylic acid groups (broad SMARTS) is 1. The third-order valence-electron chi connectivity index (χ3n) is 6.56. The van der Waals surface area contributed by atoms with E-state index in [9.17, 15) is 14.4 Å². The summed E-state index contributed by atoms with van der Waals surface area (Å²) in [4.78, 5) is 37.9. The maximum Gasteiger partial charge on any atom is 0.407 e. The van der Waals surface area contributed by atoms with Gasteiger partial charge in [0.15, 0.2) is 0 Å². The lowest BCUT2D eigenvalue weighted by atomic mass is 9.88. The number of carbonyl (C=O) groups excluding carboxylic acids is 2. The van der Waals surface area contributed by atoms with Crippen LogP contribution in [0.3, 0.4) is 0 Å². The third-order valence-corrected chi connectivity index (χ3v) is 6.56. The lowest BCUT2D eigenvalue weighted by Gasteiger charge is -2.29. The average Bonchev–Trinajstić information content (AvgIpc) is 3.58. The number of rotatable bonds is 10. The van der Waals surface area contributed by atoms with Crippen LogP contribution in [0.15, 0.2) is 48.5 Å². The second-order valence-corrected chi connectivity index (χ2v) is 9.98. The first-order valence-electron chi connectivity index (χ1n) is 11.9. The van der Waals surface area contributed by atoms with Crippen molar-refractivity contribution in [1.82, 2.24) is 10.2 Å². The normalized spacial score (nSPS) is 14.8. The highest BCUT2D eigenvalue weighted by atomic mass is 16.5. The highest BCUT2D eigenvalue weighted by molar-refractivity contribution is 5.79. The van der Waals surface area contributed by atoms with Gasteiger partial charge < -0.3 is 20.1 Å². The number of hydrogen-bond acceptors (Lipinski definition) is 4. The van der Waals surface area contributed by atoms with Gasteiger partial charge in [0.25, 0.3) is 0 Å². The molecule has 2 aliphatic carbocycles. The summed E-state index contributed by atoms with van der Waals surface area (Å²) < 4.78 is 5.59. The highest BCUT2D eigenvalue weighted by Crippen LogP contribution is 2.44. The maximum absolute atomic E-state index is 12.8. The smallest absolute Gasteiger partial charge is 0.407 e. The molecule has 180 valence electrons. The summed E-state index contributed by atoms with van der Waals surface area (Å²) >= 11 is 0. The molecule has 2 amide bonds. The van der Waals surface area contributed by atoms with Crippen LogP contribution in [-0.4, -0.2) is 53.7 Å². The van der Waals surface area contributed by atoms with Gasteiger partial charge in [-0.2, -0.15) is 0 Å². The number of nitrogens with one attached hydrogen (secondary N) is 1. The van der Waals surface area contributed by atoms with Gasteiger partial charge >= 0.3 is 12.1 Å². The van der Waals surface area contributed by atoms with Crippen molar-refractivity contribution in [1.29, 1.82) is 0 Å². The van der Waals surface area contributed by atoms with E-state index in [1.165, 1.54) is 11.1 Å². The molecule has 0 spiro atoms. The number of alkyl carbamates (subject to hydrolysis) is 1. The molecule has 7 heteroatoms. The predicted octanol–water partition coefficient (Wildman–Crippen LogP) is 4.41. The van der Waals surface area contributed by atoms with E-state index in [4.69, 9.17) is 9.84 Å². The summed E-state index contributed by atoms with van der Waals surface area (Å²) in [5.74, 6) is -0.980. The van der Waals surface area contributed by atoms with Gasteiger partial charge in [0.05, 0.1) is 6.42 Å². The molecule has 0 bridgehead atoms. The molecule has 2 N–H and O–H groups in total. The van der Waals surface area contributed by atoms with E-state index in [1.54, 1.807) is 4.90 Å². The monoisotopic (exact) mass is 464 g/mol. The Bertz CT molecular complexity index is 1030. The van der Waals surface area contributed by atoms with E-state index < -0.39 is 17.5 Å². The van der Waals surface area contributed by atoms with Crippen LogP contribution in [0.5, 0.6) is 0 Å². The van der Waals surface area contributed by atoms with E-state index in [0.717, 1.165) is 24.0 Å². The van der Waals surface area contributed by atoms with Crippen molar-refractivity contribution in [3.63, 3.8) is 0 Å². The summed E-state index contributed by atoms with van der Waals surface area (Å²) in [6.07, 6.45) is 1.51. The molecular weight excluding hydrogens is 432 g/mol. The Hall–Kier alpha value is -3.35. The van der Waals surface area contributed by atoms with Crippen molar-refractivity contribution < 1.29 is 24.2 Å². The zero-order chi connectivity index (χ0) is 24.3. The van der Waals surface area contributed by atoms with Crippen LogP contribution in [0.1, 0.15) is 56.6 Å². The van der Waals surface area contributed by atoms with Crippen LogP contribution in [-0.2, 0) is 14.3 Å². The van der Waals surface area contributed by atoms with E-state index in [-0.39, 0.29) is 50.4 Å². The molecule has 34 heavy (non-hydrogen) atoms. The number of hydrogen-bond donors (Lipinski definition) is 2. The van der Waals surface area contributed by atoms with Crippen molar-refractivity contribution in [2.75, 3.05) is 19.7 Å². The van der Waals surface area contributed by atoms with E-state index in [1.807, 2.05) is 38.1 Å². The zero-order valence-corrected chi connectivity index (χ0v) is 19.8. The van der Waals surface area contributed by atoms with Gasteiger partial charge in [-0.25, -0.2) is 4.79 Å². The number of aliphatic carboxylic acids is 1. The molecule has 7 nitrogen and oxygen atoms in total. The number of fused-ring (bicyclic) bond motifs is 3. The molecular formula is C27H32N2O5. The quantitative estimate of drug-likeness (QED) is 0.543. The molecule has 1 saturated carbocycles. The molecule has 0 unspecified atom stereocenters. The van der Waals surface area contributed by atoms with Crippen LogP contribution in [0.25, 0.3) is 11.1 Å². The number of carbonyl (C=O) groups is 3. The fourth-order valence-corrected chi connectivity index (χ4v) is 4.65. The number of amides is 2. The number of nitrogens with zero attached hydrogens (tertiary/aromatic N) is 1. The van der Waals surface area contributed by atoms with Crippen molar-refractivity contribution in [3.05, 3.63) is 59.7 Å². The van der Waals surface area contributed by atoms with Crippen molar-refractivity contribution in [2.24, 2.45) is 5.41 Å². The van der Waals surface area contributed by atoms with Crippen LogP contribution in [0.2, 0.25) is 0 Å². The summed E-state index contributed by atoms with van der Waals surface area (Å²) in [5.41, 5.74) is 4.18. The van der Waals surface area contributed by atoms with E-state index in [0.29, 0.717) is 0 Å². The van der Waals surface area contributed by atoms with Gasteiger partial charge in [0.1, 0.15) is 6.61 Å². The second-order valence-electron chi connectivity index (χ2n) is 9.98. The molecule has 2 aliphatic rings. The Labute approximate surface area is 200 Å². The standard InChI is InChI=1S/C27H32N2O5/c1-27(2,15-24(30)29(18-11-12-18)14-13-25(31)32)17-28-26(33)34-16-23-21-9-5-3-7-19(21)20-8-4-6-10-22(20)23/h3-10,18,23H,11-17H2,1-2H3,(H,28,33)(H,31,32). The summed E-state index contributed by atoms with van der Waals surface area (Å²) in [6, 6.07) is 16.5. The minimum Gasteiger partial charge on any atom is -0.481 e. The fraction of sp³-hybridized carbons (Fsp3) is 0.444. The number of carboxylic acids is 1. The largest absolute Gasteiger partial charge is 0.481 e. The maximum atomic E-state index is 12.8. The van der Waals surface area contributed by atoms with Gasteiger partial charge in [-0.15, -0.1) is 0 Å². The minimum absolute atomic E-state index is 0.00549. The predicted molar refractivity (Wildman–Crippen MR) is 128 cm³/mol. The Kier molecular flexibility index (Phi) is 6.91. The van der Waals surface area contributed by atoms with Gasteiger partial charge in [0, 0.05) is 31.5 Å². The molecule has 2 aromatic rings. The highest BCUT2D eigenvalue weighted by Gasteiger charge is 2.35. The first-order valence-corrected chi connectivity index (χ1v) is 11.9. The number of ether oxygens (including phenoxy) is 1. The fourth-order valence-electron chi connectivity index (χ4n) is 4.65. The average molecular weight is 465 g/mol. The van der Waals surface area contributed by atoms with Crippen molar-refractivity contribution in [3.8, 4) is 11.1 Å². The first kappa shape index (κ1) is 23.8. The Morgan fingerprint density at radius 1 is 1.03 bits per heavy atom. The van der Waals surface area contributed by atoms with Gasteiger partial charge in [-0.05, 0) is 40.5 Å². The van der Waals surface area contributed by atoms with Gasteiger partial charge in [-0.1, -0.05) is 62.4 Å². The lowest BCUT2D eigenvalue weighted by Crippen LogP contribution is -2.41. The summed E-state index contributed by atoms with van der Waals surface area (Å²) in [7, 11) is 0. The first-order chi connectivity index (χ1) is 16.2. The molecule has 0 atom stereocenters. The van der Waals surface area contributed by atoms with Crippen LogP contribution in [0.4, 0.5) is 4.79 Å². The zero-order valence-electron chi connectivity index (χ0n) is 19.8. The van der Waals surface area contributed by atoms with Gasteiger partial charge in [-0.3, -0.25) is 9.59 Å². The Morgan fingerprint density at radius 3 is 2.18 bits per heavy atom. The molecule has 2 aromatic carbocycles. The summed E-state index contributed by atoms with van der Waals surface area (Å²) in [5, 5.41) is 11.8. The SMILES string of the molecule is CC(C)(CNC(=O)OCC1c2ccccc2-c2ccccc21)CC(=O)N(CCC(=O)O)C1CC1. The third kappa shape index (κ3) is 5.58. The second kappa shape index (κ2) is 9.87. The molecule has 0 saturated heterocycles. The topological polar surface area (TPSA) is 95.9 Å². The lowest BCUT2D eigenvalue weighted by molar-refractivity contribution is -0.139. The van der Waals surface area contributed by atoms with Crippen molar-refractivity contribution in [2.45, 2.75) is 51.5 Å². The van der Waals surface area contributed by atoms with Crippen LogP contribution in [0, 0.1) is 5.41 Å². The molecule has 1 fully saturated rings. The van der Waals surface area contributed by atoms with E-state index in [2.05, 4.69) is 29.6 Å². The van der Waals surface area contributed by atoms with Crippen molar-refractivity contribution >= 4 is 18.0 Å². The molecule has 0 aliphatic heterocycles. The molecule has 0 radical (unpaired) electrons. The molecule has 4 rings (SSSR count). The van der Waals surface area contributed by atoms with Crippen LogP contribution >= 0.6 is 0 Å². The number of benzene rings is 2. The van der Waals surface area contributed by atoms with E-state index >= 15 is 0 Å². The summed E-state index contributed by atoms with van der Waals surface area (Å²) in [6.45, 7) is 4.58. The molecule has 0 heterocycles. The van der Waals surface area contributed by atoms with Gasteiger partial charge in [0.2, 0.25) is 5.91 Å². The molecule has 0 aromatic heterocycles.